The molecule has 0 amide bonds. The molecule has 0 saturated heterocycles. The van der Waals surface area contributed by atoms with E-state index in [1.807, 2.05) is 60.7 Å². The van der Waals surface area contributed by atoms with Crippen LogP contribution in [0.4, 0.5) is 5.82 Å². The first-order chi connectivity index (χ1) is 12.8. The molecule has 4 aromatic rings. The van der Waals surface area contributed by atoms with Gasteiger partial charge in [-0.3, -0.25) is 5.43 Å². The van der Waals surface area contributed by atoms with Crippen LogP contribution < -0.4 is 10.2 Å². The fourth-order valence-electron chi connectivity index (χ4n) is 2.55. The minimum absolute atomic E-state index is 0.613. The maximum atomic E-state index is 5.24. The van der Waals surface area contributed by atoms with Crippen LogP contribution in [0.5, 0.6) is 5.75 Å². The Kier molecular flexibility index (Phi) is 4.30. The van der Waals surface area contributed by atoms with Gasteiger partial charge in [0, 0.05) is 10.9 Å². The fourth-order valence-corrected chi connectivity index (χ4v) is 2.55. The molecular formula is C20H16N4O2. The number of hydrogen-bond donors (Lipinski definition) is 1. The van der Waals surface area contributed by atoms with Gasteiger partial charge in [0.15, 0.2) is 11.6 Å². The summed E-state index contributed by atoms with van der Waals surface area (Å²) >= 11 is 0. The molecule has 2 aromatic carbocycles. The van der Waals surface area contributed by atoms with E-state index in [1.54, 1.807) is 19.6 Å². The third kappa shape index (κ3) is 3.25. The van der Waals surface area contributed by atoms with Gasteiger partial charge in [-0.2, -0.15) is 5.10 Å². The van der Waals surface area contributed by atoms with Crippen molar-refractivity contribution in [3.63, 3.8) is 0 Å². The van der Waals surface area contributed by atoms with E-state index in [1.165, 1.54) is 0 Å². The number of methoxy groups -OCH3 is 1. The number of nitrogens with zero attached hydrogens (tertiary/aromatic N) is 3. The van der Waals surface area contributed by atoms with Crippen LogP contribution in [0, 0.1) is 0 Å². The lowest BCUT2D eigenvalue weighted by Gasteiger charge is -2.08. The number of hydrogen-bond acceptors (Lipinski definition) is 6. The van der Waals surface area contributed by atoms with Crippen LogP contribution in [0.2, 0.25) is 0 Å². The van der Waals surface area contributed by atoms with Crippen LogP contribution in [0.1, 0.15) is 5.76 Å². The number of aromatic nitrogens is 2. The van der Waals surface area contributed by atoms with Crippen LogP contribution in [0.25, 0.3) is 22.3 Å². The molecule has 1 N–H and O–H groups in total. The summed E-state index contributed by atoms with van der Waals surface area (Å²) in [6, 6.07) is 19.1. The molecule has 0 spiro atoms. The van der Waals surface area contributed by atoms with Crippen LogP contribution in [-0.2, 0) is 0 Å². The highest BCUT2D eigenvalue weighted by Crippen LogP contribution is 2.26. The summed E-state index contributed by atoms with van der Waals surface area (Å²) in [6.07, 6.45) is 3.20. The topological polar surface area (TPSA) is 72.5 Å². The lowest BCUT2D eigenvalue weighted by molar-refractivity contribution is 0.415. The summed E-state index contributed by atoms with van der Waals surface area (Å²) in [4.78, 5) is 9.30. The monoisotopic (exact) mass is 344 g/mol. The molecular weight excluding hydrogens is 328 g/mol. The Morgan fingerprint density at radius 2 is 1.85 bits per heavy atom. The molecule has 26 heavy (non-hydrogen) atoms. The standard InChI is InChI=1S/C20H16N4O2/c1-25-15-10-8-14(9-11-15)19-22-18-7-3-2-6-17(18)20(23-19)24-21-13-16-5-4-12-26-16/h2-13H,1H3,(H,22,23,24)/b21-13-. The number of furan rings is 1. The van der Waals surface area contributed by atoms with Gasteiger partial charge in [-0.15, -0.1) is 0 Å². The summed E-state index contributed by atoms with van der Waals surface area (Å²) in [6.45, 7) is 0. The molecule has 0 bridgehead atoms. The predicted molar refractivity (Wildman–Crippen MR) is 101 cm³/mol. The van der Waals surface area contributed by atoms with E-state index in [0.717, 1.165) is 22.2 Å². The minimum atomic E-state index is 0.613. The quantitative estimate of drug-likeness (QED) is 0.430. The summed E-state index contributed by atoms with van der Waals surface area (Å²) < 4.78 is 10.4. The molecule has 0 aliphatic rings. The average Bonchev–Trinajstić information content (AvgIpc) is 3.21. The van der Waals surface area contributed by atoms with Crippen LogP contribution >= 0.6 is 0 Å². The molecule has 0 aliphatic carbocycles. The van der Waals surface area contributed by atoms with Crippen molar-refractivity contribution in [1.82, 2.24) is 9.97 Å². The number of nitrogens with one attached hydrogen (secondary N) is 1. The maximum Gasteiger partial charge on any atom is 0.162 e. The Morgan fingerprint density at radius 3 is 2.62 bits per heavy atom. The van der Waals surface area contributed by atoms with Crippen LogP contribution in [0.3, 0.4) is 0 Å². The second kappa shape index (κ2) is 7.06. The Bertz CT molecular complexity index is 1040. The maximum absolute atomic E-state index is 5.24. The Balaban J connectivity index is 1.72. The lowest BCUT2D eigenvalue weighted by atomic mass is 10.2. The highest BCUT2D eigenvalue weighted by molar-refractivity contribution is 5.91. The number of anilines is 1. The minimum Gasteiger partial charge on any atom is -0.497 e. The van der Waals surface area contributed by atoms with E-state index < -0.39 is 0 Å². The summed E-state index contributed by atoms with van der Waals surface area (Å²) in [5.41, 5.74) is 4.73. The molecule has 2 heterocycles. The van der Waals surface area contributed by atoms with Gasteiger partial charge in [0.1, 0.15) is 11.5 Å². The van der Waals surface area contributed by atoms with E-state index in [2.05, 4.69) is 20.5 Å². The zero-order valence-corrected chi connectivity index (χ0v) is 14.1. The molecule has 6 heteroatoms. The van der Waals surface area contributed by atoms with Crippen molar-refractivity contribution in [3.8, 4) is 17.1 Å². The first-order valence-corrected chi connectivity index (χ1v) is 8.07. The van der Waals surface area contributed by atoms with Crippen LogP contribution in [0.15, 0.2) is 76.4 Å². The molecule has 0 fully saturated rings. The first-order valence-electron chi connectivity index (χ1n) is 8.07. The van der Waals surface area contributed by atoms with Crippen LogP contribution in [-0.4, -0.2) is 23.3 Å². The van der Waals surface area contributed by atoms with Gasteiger partial charge in [-0.05, 0) is 48.5 Å². The van der Waals surface area contributed by atoms with Crippen molar-refractivity contribution in [2.75, 3.05) is 12.5 Å². The molecule has 0 radical (unpaired) electrons. The molecule has 6 nitrogen and oxygen atoms in total. The third-order valence-electron chi connectivity index (χ3n) is 3.86. The number of ether oxygens (including phenoxy) is 1. The second-order valence-corrected chi connectivity index (χ2v) is 5.53. The van der Waals surface area contributed by atoms with Crippen molar-refractivity contribution < 1.29 is 9.15 Å². The molecule has 0 saturated carbocycles. The lowest BCUT2D eigenvalue weighted by Crippen LogP contribution is -1.99. The highest BCUT2D eigenvalue weighted by atomic mass is 16.5. The highest BCUT2D eigenvalue weighted by Gasteiger charge is 2.09. The van der Waals surface area contributed by atoms with Gasteiger partial charge in [-0.1, -0.05) is 12.1 Å². The Hall–Kier alpha value is -3.67. The molecule has 0 atom stereocenters. The van der Waals surface area contributed by atoms with Gasteiger partial charge in [-0.25, -0.2) is 9.97 Å². The van der Waals surface area contributed by atoms with Crippen molar-refractivity contribution in [2.45, 2.75) is 0 Å². The number of rotatable bonds is 5. The molecule has 2 aromatic heterocycles. The van der Waals surface area contributed by atoms with Gasteiger partial charge in [0.25, 0.3) is 0 Å². The van der Waals surface area contributed by atoms with E-state index in [4.69, 9.17) is 9.15 Å². The molecule has 4 rings (SSSR count). The Morgan fingerprint density at radius 1 is 1.00 bits per heavy atom. The smallest absolute Gasteiger partial charge is 0.162 e. The second-order valence-electron chi connectivity index (χ2n) is 5.53. The fraction of sp³-hybridized carbons (Fsp3) is 0.0500. The van der Waals surface area contributed by atoms with Crippen molar-refractivity contribution >= 4 is 22.9 Å². The number of fused-ring (bicyclic) bond motifs is 1. The van der Waals surface area contributed by atoms with E-state index in [0.29, 0.717) is 17.4 Å². The van der Waals surface area contributed by atoms with Crippen molar-refractivity contribution in [2.24, 2.45) is 5.10 Å². The summed E-state index contributed by atoms with van der Waals surface area (Å²) in [5, 5.41) is 5.11. The predicted octanol–water partition coefficient (Wildman–Crippen LogP) is 4.34. The SMILES string of the molecule is COc1ccc(-c2nc(N/N=C\c3ccco3)c3ccccc3n2)cc1. The molecule has 0 aliphatic heterocycles. The number of benzene rings is 2. The van der Waals surface area contributed by atoms with E-state index in [-0.39, 0.29) is 0 Å². The summed E-state index contributed by atoms with van der Waals surface area (Å²) in [7, 11) is 1.64. The Labute approximate surface area is 150 Å². The van der Waals surface area contributed by atoms with E-state index >= 15 is 0 Å². The summed E-state index contributed by atoms with van der Waals surface area (Å²) in [5.74, 6) is 2.69. The number of para-hydroxylation sites is 1. The van der Waals surface area contributed by atoms with Crippen molar-refractivity contribution in [1.29, 1.82) is 0 Å². The van der Waals surface area contributed by atoms with E-state index in [9.17, 15) is 0 Å². The zero-order chi connectivity index (χ0) is 17.8. The normalized spacial score (nSPS) is 11.1. The molecule has 128 valence electrons. The van der Waals surface area contributed by atoms with Gasteiger partial charge in [0.2, 0.25) is 0 Å². The third-order valence-corrected chi connectivity index (χ3v) is 3.86. The van der Waals surface area contributed by atoms with Gasteiger partial charge in [0.05, 0.1) is 25.1 Å². The van der Waals surface area contributed by atoms with Crippen molar-refractivity contribution in [3.05, 3.63) is 72.7 Å². The number of hydrazone groups is 1. The zero-order valence-electron chi connectivity index (χ0n) is 14.1. The largest absolute Gasteiger partial charge is 0.497 e. The van der Waals surface area contributed by atoms with Gasteiger partial charge < -0.3 is 9.15 Å². The first kappa shape index (κ1) is 15.8. The average molecular weight is 344 g/mol. The molecule has 0 unspecified atom stereocenters. The van der Waals surface area contributed by atoms with Gasteiger partial charge >= 0.3 is 0 Å².